The molecule has 0 saturated heterocycles. The molecule has 1 unspecified atom stereocenters. The van der Waals surface area contributed by atoms with Gasteiger partial charge >= 0.3 is 5.97 Å². The second-order valence-electron chi connectivity index (χ2n) is 6.87. The quantitative estimate of drug-likeness (QED) is 0.708. The van der Waals surface area contributed by atoms with E-state index in [0.29, 0.717) is 34.3 Å². The normalized spacial score (nSPS) is 16.9. The van der Waals surface area contributed by atoms with E-state index >= 15 is 0 Å². The maximum Gasteiger partial charge on any atom is 0.341 e. The van der Waals surface area contributed by atoms with E-state index in [0.717, 1.165) is 5.56 Å². The van der Waals surface area contributed by atoms with Gasteiger partial charge in [-0.15, -0.1) is 0 Å². The fourth-order valence-electron chi connectivity index (χ4n) is 3.43. The van der Waals surface area contributed by atoms with Crippen LogP contribution >= 0.6 is 0 Å². The standard InChI is InChI=1S/C22H22O7/c1-12(2)28-14-6-8-16-15(10-14)21(24-3)19(22(23)25-4)20(29-16)13-5-7-17-18(9-13)27-11-26-17/h5-10,12,20H,11H2,1-4H3. The Morgan fingerprint density at radius 2 is 1.79 bits per heavy atom. The lowest BCUT2D eigenvalue weighted by molar-refractivity contribution is -0.137. The van der Waals surface area contributed by atoms with Crippen LogP contribution in [-0.2, 0) is 14.3 Å². The lowest BCUT2D eigenvalue weighted by atomic mass is 9.94. The highest BCUT2D eigenvalue weighted by Gasteiger charge is 2.37. The van der Waals surface area contributed by atoms with Gasteiger partial charge in [-0.2, -0.15) is 0 Å². The number of hydrogen-bond donors (Lipinski definition) is 0. The van der Waals surface area contributed by atoms with Gasteiger partial charge in [-0.05, 0) is 44.2 Å². The van der Waals surface area contributed by atoms with Crippen molar-refractivity contribution >= 4 is 11.7 Å². The van der Waals surface area contributed by atoms with Crippen LogP contribution in [0.2, 0.25) is 0 Å². The molecule has 0 N–H and O–H groups in total. The zero-order chi connectivity index (χ0) is 20.5. The van der Waals surface area contributed by atoms with Crippen LogP contribution in [0.15, 0.2) is 42.0 Å². The van der Waals surface area contributed by atoms with E-state index in [9.17, 15) is 4.79 Å². The predicted octanol–water partition coefficient (Wildman–Crippen LogP) is 3.87. The summed E-state index contributed by atoms with van der Waals surface area (Å²) in [7, 11) is 2.84. The number of carbonyl (C=O) groups excluding carboxylic acids is 1. The average molecular weight is 398 g/mol. The maximum absolute atomic E-state index is 12.7. The van der Waals surface area contributed by atoms with Crippen molar-refractivity contribution in [1.29, 1.82) is 0 Å². The average Bonchev–Trinajstić information content (AvgIpc) is 3.19. The highest BCUT2D eigenvalue weighted by molar-refractivity contribution is 5.99. The molecular weight excluding hydrogens is 376 g/mol. The molecule has 152 valence electrons. The number of benzene rings is 2. The first kappa shape index (κ1) is 19.0. The van der Waals surface area contributed by atoms with Crippen LogP contribution < -0.4 is 18.9 Å². The minimum absolute atomic E-state index is 0.00833. The first-order valence-electron chi connectivity index (χ1n) is 9.25. The molecule has 2 aromatic carbocycles. The minimum atomic E-state index is -0.726. The molecule has 0 bridgehead atoms. The van der Waals surface area contributed by atoms with Crippen LogP contribution in [0.5, 0.6) is 23.0 Å². The lowest BCUT2D eigenvalue weighted by Gasteiger charge is -2.30. The van der Waals surface area contributed by atoms with Crippen molar-refractivity contribution in [2.24, 2.45) is 0 Å². The number of carbonyl (C=O) groups is 1. The molecule has 0 aliphatic carbocycles. The Kier molecular flexibility index (Phi) is 4.96. The minimum Gasteiger partial charge on any atom is -0.495 e. The second-order valence-corrected chi connectivity index (χ2v) is 6.87. The summed E-state index contributed by atoms with van der Waals surface area (Å²) in [5.74, 6) is 2.33. The first-order valence-corrected chi connectivity index (χ1v) is 9.25. The van der Waals surface area contributed by atoms with E-state index in [2.05, 4.69) is 0 Å². The molecule has 0 aromatic heterocycles. The summed E-state index contributed by atoms with van der Waals surface area (Å²) in [4.78, 5) is 12.7. The third kappa shape index (κ3) is 3.44. The molecule has 0 saturated carbocycles. The van der Waals surface area contributed by atoms with Gasteiger partial charge in [-0.3, -0.25) is 0 Å². The largest absolute Gasteiger partial charge is 0.495 e. The Labute approximate surface area is 168 Å². The van der Waals surface area contributed by atoms with Crippen molar-refractivity contribution in [3.05, 3.63) is 53.1 Å². The highest BCUT2D eigenvalue weighted by Crippen LogP contribution is 2.46. The van der Waals surface area contributed by atoms with Gasteiger partial charge in [-0.25, -0.2) is 4.79 Å². The summed E-state index contributed by atoms with van der Waals surface area (Å²) in [6.07, 6.45) is -0.717. The van der Waals surface area contributed by atoms with Crippen LogP contribution in [0.4, 0.5) is 0 Å². The molecular formula is C22H22O7. The van der Waals surface area contributed by atoms with Gasteiger partial charge in [0, 0.05) is 5.56 Å². The SMILES string of the molecule is COC(=O)C1=C(OC)c2cc(OC(C)C)ccc2OC1c1ccc2c(c1)OCO2. The van der Waals surface area contributed by atoms with Gasteiger partial charge in [0.05, 0.1) is 25.9 Å². The number of fused-ring (bicyclic) bond motifs is 2. The molecule has 7 heteroatoms. The summed E-state index contributed by atoms with van der Waals surface area (Å²) in [5, 5.41) is 0. The molecule has 7 nitrogen and oxygen atoms in total. The van der Waals surface area contributed by atoms with Crippen LogP contribution in [0.25, 0.3) is 5.76 Å². The number of hydrogen-bond acceptors (Lipinski definition) is 7. The van der Waals surface area contributed by atoms with Crippen LogP contribution in [-0.4, -0.2) is 33.1 Å². The Morgan fingerprint density at radius 1 is 1.03 bits per heavy atom. The fraction of sp³-hybridized carbons (Fsp3) is 0.318. The Morgan fingerprint density at radius 3 is 2.52 bits per heavy atom. The van der Waals surface area contributed by atoms with Gasteiger partial charge in [0.2, 0.25) is 6.79 Å². The van der Waals surface area contributed by atoms with Gasteiger partial charge in [0.15, 0.2) is 17.6 Å². The van der Waals surface area contributed by atoms with E-state index in [1.165, 1.54) is 14.2 Å². The number of methoxy groups -OCH3 is 2. The summed E-state index contributed by atoms with van der Waals surface area (Å²) < 4.78 is 33.5. The lowest BCUT2D eigenvalue weighted by Crippen LogP contribution is -2.24. The van der Waals surface area contributed by atoms with Crippen molar-refractivity contribution in [3.8, 4) is 23.0 Å². The fourth-order valence-corrected chi connectivity index (χ4v) is 3.43. The van der Waals surface area contributed by atoms with Crippen LogP contribution in [0, 0.1) is 0 Å². The van der Waals surface area contributed by atoms with Crippen molar-refractivity contribution in [3.63, 3.8) is 0 Å². The molecule has 2 aliphatic heterocycles. The van der Waals surface area contributed by atoms with Gasteiger partial charge < -0.3 is 28.4 Å². The van der Waals surface area contributed by atoms with Crippen molar-refractivity contribution in [2.45, 2.75) is 26.1 Å². The van der Waals surface area contributed by atoms with E-state index in [-0.39, 0.29) is 18.5 Å². The van der Waals surface area contributed by atoms with E-state index in [1.54, 1.807) is 24.3 Å². The third-order valence-electron chi connectivity index (χ3n) is 4.63. The monoisotopic (exact) mass is 398 g/mol. The third-order valence-corrected chi connectivity index (χ3v) is 4.63. The van der Waals surface area contributed by atoms with E-state index in [4.69, 9.17) is 28.4 Å². The molecule has 2 aromatic rings. The Balaban J connectivity index is 1.84. The summed E-state index contributed by atoms with van der Waals surface area (Å²) in [5.41, 5.74) is 1.61. The molecule has 0 amide bonds. The van der Waals surface area contributed by atoms with Crippen molar-refractivity contribution in [1.82, 2.24) is 0 Å². The maximum atomic E-state index is 12.7. The van der Waals surface area contributed by atoms with E-state index in [1.807, 2.05) is 26.0 Å². The second kappa shape index (κ2) is 7.58. The smallest absolute Gasteiger partial charge is 0.341 e. The van der Waals surface area contributed by atoms with Gasteiger partial charge in [0.25, 0.3) is 0 Å². The molecule has 2 heterocycles. The number of ether oxygens (including phenoxy) is 6. The highest BCUT2D eigenvalue weighted by atomic mass is 16.7. The zero-order valence-electron chi connectivity index (χ0n) is 16.7. The molecule has 1 atom stereocenters. The molecule has 0 radical (unpaired) electrons. The molecule has 29 heavy (non-hydrogen) atoms. The van der Waals surface area contributed by atoms with E-state index < -0.39 is 12.1 Å². The van der Waals surface area contributed by atoms with Crippen LogP contribution in [0.1, 0.15) is 31.1 Å². The summed E-state index contributed by atoms with van der Waals surface area (Å²) in [6.45, 7) is 4.05. The summed E-state index contributed by atoms with van der Waals surface area (Å²) >= 11 is 0. The topological polar surface area (TPSA) is 72.5 Å². The molecule has 2 aliphatic rings. The zero-order valence-corrected chi connectivity index (χ0v) is 16.7. The Bertz CT molecular complexity index is 977. The number of esters is 1. The summed E-state index contributed by atoms with van der Waals surface area (Å²) in [6, 6.07) is 10.8. The van der Waals surface area contributed by atoms with Gasteiger partial charge in [-0.1, -0.05) is 6.07 Å². The molecule has 0 fully saturated rings. The number of rotatable bonds is 5. The Hall–Kier alpha value is -3.35. The van der Waals surface area contributed by atoms with Gasteiger partial charge in [0.1, 0.15) is 22.8 Å². The predicted molar refractivity (Wildman–Crippen MR) is 104 cm³/mol. The van der Waals surface area contributed by atoms with Crippen molar-refractivity contribution < 1.29 is 33.2 Å². The van der Waals surface area contributed by atoms with Crippen LogP contribution in [0.3, 0.4) is 0 Å². The first-order chi connectivity index (χ1) is 14.0. The molecule has 4 rings (SSSR count). The molecule has 0 spiro atoms. The van der Waals surface area contributed by atoms with Crippen molar-refractivity contribution in [2.75, 3.05) is 21.0 Å².